The number of hydrogen-bond donors (Lipinski definition) is 1. The first-order valence-corrected chi connectivity index (χ1v) is 7.24. The minimum absolute atomic E-state index is 0.355. The van der Waals surface area contributed by atoms with Crippen molar-refractivity contribution in [2.75, 3.05) is 13.2 Å². The molecule has 1 aliphatic rings. The predicted octanol–water partition coefficient (Wildman–Crippen LogP) is 3.61. The third kappa shape index (κ3) is 5.87. The summed E-state index contributed by atoms with van der Waals surface area (Å²) in [6.07, 6.45) is 5.79. The molecule has 0 unspecified atom stereocenters. The van der Waals surface area contributed by atoms with Crippen LogP contribution >= 0.6 is 0 Å². The summed E-state index contributed by atoms with van der Waals surface area (Å²) < 4.78 is 5.55. The van der Waals surface area contributed by atoms with Gasteiger partial charge in [0.15, 0.2) is 0 Å². The lowest BCUT2D eigenvalue weighted by molar-refractivity contribution is 0.0765. The van der Waals surface area contributed by atoms with Gasteiger partial charge in [0.2, 0.25) is 0 Å². The van der Waals surface area contributed by atoms with E-state index in [1.165, 1.54) is 25.7 Å². The maximum absolute atomic E-state index is 5.55. The largest absolute Gasteiger partial charge is 0.377 e. The van der Waals surface area contributed by atoms with Gasteiger partial charge in [-0.2, -0.15) is 0 Å². The van der Waals surface area contributed by atoms with E-state index >= 15 is 0 Å². The minimum atomic E-state index is 0.355. The summed E-state index contributed by atoms with van der Waals surface area (Å²) in [7, 11) is 0. The van der Waals surface area contributed by atoms with Gasteiger partial charge in [-0.15, -0.1) is 0 Å². The smallest absolute Gasteiger partial charge is 0.0594 e. The Kier molecular flexibility index (Phi) is 5.94. The Morgan fingerprint density at radius 1 is 1.12 bits per heavy atom. The highest BCUT2D eigenvalue weighted by molar-refractivity contribution is 4.83. The van der Waals surface area contributed by atoms with Crippen LogP contribution in [-0.2, 0) is 4.74 Å². The van der Waals surface area contributed by atoms with Crippen molar-refractivity contribution in [3.05, 3.63) is 0 Å². The Morgan fingerprint density at radius 3 is 2.18 bits per heavy atom. The van der Waals surface area contributed by atoms with Crippen molar-refractivity contribution in [3.8, 4) is 0 Å². The molecule has 1 aliphatic carbocycles. The van der Waals surface area contributed by atoms with Crippen LogP contribution in [0.2, 0.25) is 0 Å². The molecule has 2 heteroatoms. The Bertz CT molecular complexity index is 199. The second-order valence-electron chi connectivity index (χ2n) is 6.79. The first-order valence-electron chi connectivity index (χ1n) is 7.24. The molecule has 102 valence electrons. The lowest BCUT2D eigenvalue weighted by Crippen LogP contribution is -2.37. The maximum Gasteiger partial charge on any atom is 0.0594 e. The highest BCUT2D eigenvalue weighted by Crippen LogP contribution is 2.37. The van der Waals surface area contributed by atoms with Crippen LogP contribution in [-0.4, -0.2) is 25.3 Å². The van der Waals surface area contributed by atoms with Crippen molar-refractivity contribution in [2.45, 2.75) is 72.4 Å². The van der Waals surface area contributed by atoms with Crippen molar-refractivity contribution in [1.29, 1.82) is 0 Å². The second-order valence-corrected chi connectivity index (χ2v) is 6.79. The van der Waals surface area contributed by atoms with E-state index < -0.39 is 0 Å². The van der Waals surface area contributed by atoms with Crippen LogP contribution < -0.4 is 5.32 Å². The van der Waals surface area contributed by atoms with Crippen molar-refractivity contribution >= 4 is 0 Å². The van der Waals surface area contributed by atoms with E-state index in [-0.39, 0.29) is 0 Å². The zero-order valence-corrected chi connectivity index (χ0v) is 12.4. The zero-order valence-electron chi connectivity index (χ0n) is 12.4. The molecule has 17 heavy (non-hydrogen) atoms. The average molecular weight is 241 g/mol. The van der Waals surface area contributed by atoms with Crippen molar-refractivity contribution < 1.29 is 4.74 Å². The third-order valence-corrected chi connectivity index (χ3v) is 3.94. The molecule has 2 nitrogen and oxygen atoms in total. The molecule has 0 atom stereocenters. The molecule has 1 rings (SSSR count). The Labute approximate surface area is 108 Å². The first-order chi connectivity index (χ1) is 7.89. The number of nitrogens with one attached hydrogen (secondary N) is 1. The summed E-state index contributed by atoms with van der Waals surface area (Å²) in [6.45, 7) is 13.2. The lowest BCUT2D eigenvalue weighted by Gasteiger charge is -2.37. The quantitative estimate of drug-likeness (QED) is 0.743. The van der Waals surface area contributed by atoms with Crippen LogP contribution in [0.3, 0.4) is 0 Å². The number of hydrogen-bond acceptors (Lipinski definition) is 2. The van der Waals surface area contributed by atoms with E-state index in [0.29, 0.717) is 11.5 Å². The van der Waals surface area contributed by atoms with Crippen molar-refractivity contribution in [2.24, 2.45) is 11.3 Å². The van der Waals surface area contributed by atoms with Crippen LogP contribution in [0.5, 0.6) is 0 Å². The maximum atomic E-state index is 5.55. The molecular formula is C15H31NO. The Morgan fingerprint density at radius 2 is 1.71 bits per heavy atom. The highest BCUT2D eigenvalue weighted by Gasteiger charge is 2.29. The summed E-state index contributed by atoms with van der Waals surface area (Å²) >= 11 is 0. The molecule has 0 spiro atoms. The van der Waals surface area contributed by atoms with E-state index in [4.69, 9.17) is 4.74 Å². The fourth-order valence-electron chi connectivity index (χ4n) is 2.72. The second kappa shape index (κ2) is 6.75. The molecule has 0 bridgehead atoms. The molecule has 0 aromatic carbocycles. The minimum Gasteiger partial charge on any atom is -0.377 e. The van der Waals surface area contributed by atoms with Gasteiger partial charge in [0, 0.05) is 12.6 Å². The fraction of sp³-hybridized carbons (Fsp3) is 1.00. The van der Waals surface area contributed by atoms with E-state index in [1.807, 2.05) is 0 Å². The SMILES string of the molecule is CC(C)OCCNC1CCC(C(C)(C)C)CC1. The van der Waals surface area contributed by atoms with E-state index in [1.54, 1.807) is 0 Å². The van der Waals surface area contributed by atoms with Gasteiger partial charge in [-0.3, -0.25) is 0 Å². The van der Waals surface area contributed by atoms with Gasteiger partial charge < -0.3 is 10.1 Å². The first kappa shape index (κ1) is 15.0. The molecule has 0 amide bonds. The molecule has 1 saturated carbocycles. The van der Waals surface area contributed by atoms with Crippen LogP contribution in [0.1, 0.15) is 60.3 Å². The fourth-order valence-corrected chi connectivity index (χ4v) is 2.72. The zero-order chi connectivity index (χ0) is 12.9. The van der Waals surface area contributed by atoms with E-state index in [9.17, 15) is 0 Å². The molecule has 0 saturated heterocycles. The highest BCUT2D eigenvalue weighted by atomic mass is 16.5. The van der Waals surface area contributed by atoms with Gasteiger partial charge in [0.25, 0.3) is 0 Å². The molecule has 1 fully saturated rings. The molecule has 0 aromatic heterocycles. The number of rotatable bonds is 5. The summed E-state index contributed by atoms with van der Waals surface area (Å²) in [6, 6.07) is 0.726. The average Bonchev–Trinajstić information content (AvgIpc) is 2.23. The summed E-state index contributed by atoms with van der Waals surface area (Å²) in [4.78, 5) is 0. The predicted molar refractivity (Wildman–Crippen MR) is 74.3 cm³/mol. The molecular weight excluding hydrogens is 210 g/mol. The molecule has 0 aliphatic heterocycles. The van der Waals surface area contributed by atoms with Gasteiger partial charge >= 0.3 is 0 Å². The summed E-state index contributed by atoms with van der Waals surface area (Å²) in [5.74, 6) is 0.910. The summed E-state index contributed by atoms with van der Waals surface area (Å²) in [5.41, 5.74) is 0.492. The van der Waals surface area contributed by atoms with E-state index in [2.05, 4.69) is 39.9 Å². The van der Waals surface area contributed by atoms with Gasteiger partial charge in [-0.25, -0.2) is 0 Å². The van der Waals surface area contributed by atoms with Crippen LogP contribution in [0.25, 0.3) is 0 Å². The molecule has 1 N–H and O–H groups in total. The molecule has 0 heterocycles. The van der Waals surface area contributed by atoms with Gasteiger partial charge in [0.05, 0.1) is 12.7 Å². The van der Waals surface area contributed by atoms with Crippen LogP contribution in [0, 0.1) is 11.3 Å². The monoisotopic (exact) mass is 241 g/mol. The van der Waals surface area contributed by atoms with Crippen LogP contribution in [0.4, 0.5) is 0 Å². The topological polar surface area (TPSA) is 21.3 Å². The van der Waals surface area contributed by atoms with Crippen molar-refractivity contribution in [3.63, 3.8) is 0 Å². The van der Waals surface area contributed by atoms with Crippen molar-refractivity contribution in [1.82, 2.24) is 5.32 Å². The van der Waals surface area contributed by atoms with E-state index in [0.717, 1.165) is 25.1 Å². The molecule has 0 aromatic rings. The molecule has 0 radical (unpaired) electrons. The Hall–Kier alpha value is -0.0800. The third-order valence-electron chi connectivity index (χ3n) is 3.94. The van der Waals surface area contributed by atoms with Crippen LogP contribution in [0.15, 0.2) is 0 Å². The van der Waals surface area contributed by atoms with Gasteiger partial charge in [-0.05, 0) is 50.9 Å². The standard InChI is InChI=1S/C15H31NO/c1-12(2)17-11-10-16-14-8-6-13(7-9-14)15(3,4)5/h12-14,16H,6-11H2,1-5H3. The summed E-state index contributed by atoms with van der Waals surface area (Å²) in [5, 5.41) is 3.62. The normalized spacial score (nSPS) is 26.5. The van der Waals surface area contributed by atoms with Gasteiger partial charge in [0.1, 0.15) is 0 Å². The van der Waals surface area contributed by atoms with Gasteiger partial charge in [-0.1, -0.05) is 20.8 Å². The Balaban J connectivity index is 2.11. The lowest BCUT2D eigenvalue weighted by atomic mass is 9.71. The number of ether oxygens (including phenoxy) is 1.